The highest BCUT2D eigenvalue weighted by Crippen LogP contribution is 2.38. The largest absolute Gasteiger partial charge is 0.457 e. The predicted octanol–water partition coefficient (Wildman–Crippen LogP) is 8.78. The van der Waals surface area contributed by atoms with Crippen molar-refractivity contribution in [2.75, 3.05) is 17.3 Å². The third-order valence-electron chi connectivity index (χ3n) is 6.15. The minimum Gasteiger partial charge on any atom is -0.457 e. The number of ether oxygens (including phenoxy) is 1. The normalized spacial score (nSPS) is 11.7. The highest BCUT2D eigenvalue weighted by Gasteiger charge is 2.37. The maximum Gasteiger partial charge on any atom is 0.433 e. The van der Waals surface area contributed by atoms with Crippen LogP contribution in [0.25, 0.3) is 22.8 Å². The summed E-state index contributed by atoms with van der Waals surface area (Å²) in [5.41, 5.74) is -0.376. The van der Waals surface area contributed by atoms with Crippen LogP contribution in [0.2, 0.25) is 0 Å². The van der Waals surface area contributed by atoms with Gasteiger partial charge < -0.3 is 20.4 Å². The number of halogens is 6. The van der Waals surface area contributed by atoms with Crippen LogP contribution < -0.4 is 15.4 Å². The molecule has 5 rings (SSSR count). The zero-order valence-corrected chi connectivity index (χ0v) is 22.1. The Labute approximate surface area is 241 Å². The topological polar surface area (TPSA) is 87.2 Å². The van der Waals surface area contributed by atoms with Gasteiger partial charge in [-0.3, -0.25) is 9.98 Å². The second-order valence-corrected chi connectivity index (χ2v) is 9.10. The highest BCUT2D eigenvalue weighted by atomic mass is 19.4. The third-order valence-corrected chi connectivity index (χ3v) is 6.15. The Morgan fingerprint density at radius 1 is 0.814 bits per heavy atom. The van der Waals surface area contributed by atoms with Gasteiger partial charge in [0.2, 0.25) is 0 Å². The number of alkyl halides is 6. The van der Waals surface area contributed by atoms with Gasteiger partial charge in [-0.2, -0.15) is 26.3 Å². The number of pyridine rings is 1. The molecule has 0 saturated carbocycles. The maximum atomic E-state index is 13.8. The molecule has 13 heteroatoms. The van der Waals surface area contributed by atoms with Crippen molar-refractivity contribution in [3.8, 4) is 34.3 Å². The van der Waals surface area contributed by atoms with E-state index in [1.54, 1.807) is 36.4 Å². The molecular formula is C30H22F6N6O. The second-order valence-electron chi connectivity index (χ2n) is 9.10. The molecule has 3 aromatic carbocycles. The SMILES string of the molecule is C=Nc1cc(Oc2ccnc(-c3nc(-c4ccccc4)c(C(F)(F)F)[nH]3)c2)ccc1NCNc1cccc(C(F)(F)F)c1. The van der Waals surface area contributed by atoms with E-state index in [-0.39, 0.29) is 35.3 Å². The van der Waals surface area contributed by atoms with Crippen LogP contribution >= 0.6 is 0 Å². The summed E-state index contributed by atoms with van der Waals surface area (Å²) in [4.78, 5) is 14.7. The summed E-state index contributed by atoms with van der Waals surface area (Å²) in [7, 11) is 0. The number of imidazole rings is 1. The van der Waals surface area contributed by atoms with Crippen molar-refractivity contribution in [2.24, 2.45) is 4.99 Å². The van der Waals surface area contributed by atoms with Gasteiger partial charge in [-0.15, -0.1) is 0 Å². The number of hydrogen-bond donors (Lipinski definition) is 3. The number of anilines is 2. The van der Waals surface area contributed by atoms with E-state index in [0.717, 1.165) is 12.1 Å². The first-order chi connectivity index (χ1) is 20.5. The zero-order chi connectivity index (χ0) is 30.6. The van der Waals surface area contributed by atoms with Crippen molar-refractivity contribution < 1.29 is 31.1 Å². The van der Waals surface area contributed by atoms with Crippen LogP contribution in [0.4, 0.5) is 43.4 Å². The molecule has 0 atom stereocenters. The molecule has 0 fully saturated rings. The number of hydrogen-bond acceptors (Lipinski definition) is 6. The summed E-state index contributed by atoms with van der Waals surface area (Å²) in [6.45, 7) is 3.64. The fraction of sp³-hybridized carbons (Fsp3) is 0.100. The van der Waals surface area contributed by atoms with Crippen molar-refractivity contribution in [3.05, 3.63) is 102 Å². The third kappa shape index (κ3) is 6.94. The molecule has 43 heavy (non-hydrogen) atoms. The molecule has 0 aliphatic carbocycles. The van der Waals surface area contributed by atoms with E-state index < -0.39 is 23.6 Å². The minimum absolute atomic E-state index is 0.0853. The molecule has 0 aliphatic rings. The van der Waals surface area contributed by atoms with Crippen LogP contribution in [-0.2, 0) is 12.4 Å². The van der Waals surface area contributed by atoms with Crippen molar-refractivity contribution in [1.29, 1.82) is 0 Å². The number of nitrogens with zero attached hydrogens (tertiary/aromatic N) is 3. The number of H-pyrrole nitrogens is 1. The lowest BCUT2D eigenvalue weighted by atomic mass is 10.1. The number of rotatable bonds is 9. The lowest BCUT2D eigenvalue weighted by molar-refractivity contribution is -0.140. The van der Waals surface area contributed by atoms with Crippen molar-refractivity contribution in [3.63, 3.8) is 0 Å². The minimum atomic E-state index is -4.67. The average molecular weight is 597 g/mol. The smallest absolute Gasteiger partial charge is 0.433 e. The quantitative estimate of drug-likeness (QED) is 0.0900. The first-order valence-electron chi connectivity index (χ1n) is 12.6. The Kier molecular flexibility index (Phi) is 8.06. The number of nitrogens with one attached hydrogen (secondary N) is 3. The molecule has 0 spiro atoms. The molecule has 5 aromatic rings. The number of aliphatic imine (C=N–C) groups is 1. The Morgan fingerprint density at radius 2 is 1.58 bits per heavy atom. The summed E-state index contributed by atoms with van der Waals surface area (Å²) in [5.74, 6) is 0.535. The van der Waals surface area contributed by atoms with Crippen LogP contribution in [0, 0.1) is 0 Å². The van der Waals surface area contributed by atoms with E-state index in [9.17, 15) is 26.3 Å². The van der Waals surface area contributed by atoms with E-state index >= 15 is 0 Å². The van der Waals surface area contributed by atoms with Gasteiger partial charge in [0.15, 0.2) is 5.82 Å². The van der Waals surface area contributed by atoms with E-state index in [1.165, 1.54) is 42.6 Å². The van der Waals surface area contributed by atoms with Gasteiger partial charge in [0.1, 0.15) is 28.6 Å². The van der Waals surface area contributed by atoms with Gasteiger partial charge in [-0.05, 0) is 43.1 Å². The second kappa shape index (κ2) is 11.9. The zero-order valence-electron chi connectivity index (χ0n) is 22.1. The molecule has 0 saturated heterocycles. The molecule has 2 aromatic heterocycles. The molecule has 0 radical (unpaired) electrons. The van der Waals surface area contributed by atoms with Crippen LogP contribution in [0.1, 0.15) is 11.3 Å². The van der Waals surface area contributed by atoms with Gasteiger partial charge >= 0.3 is 12.4 Å². The lowest BCUT2D eigenvalue weighted by Gasteiger charge is -2.14. The Hall–Kier alpha value is -5.33. The number of aromatic amines is 1. The van der Waals surface area contributed by atoms with Crippen LogP contribution in [0.15, 0.2) is 96.1 Å². The molecule has 3 N–H and O–H groups in total. The van der Waals surface area contributed by atoms with E-state index in [0.29, 0.717) is 22.7 Å². The van der Waals surface area contributed by atoms with Gasteiger partial charge in [-0.1, -0.05) is 36.4 Å². The van der Waals surface area contributed by atoms with Crippen molar-refractivity contribution in [1.82, 2.24) is 15.0 Å². The molecule has 2 heterocycles. The van der Waals surface area contributed by atoms with Gasteiger partial charge in [0.25, 0.3) is 0 Å². The molecule has 0 unspecified atom stereocenters. The maximum absolute atomic E-state index is 13.8. The van der Waals surface area contributed by atoms with Crippen molar-refractivity contribution in [2.45, 2.75) is 12.4 Å². The van der Waals surface area contributed by atoms with E-state index in [4.69, 9.17) is 4.74 Å². The predicted molar refractivity (Wildman–Crippen MR) is 152 cm³/mol. The van der Waals surface area contributed by atoms with Crippen LogP contribution in [0.3, 0.4) is 0 Å². The molecule has 7 nitrogen and oxygen atoms in total. The van der Waals surface area contributed by atoms with Gasteiger partial charge in [-0.25, -0.2) is 4.98 Å². The molecule has 0 amide bonds. The van der Waals surface area contributed by atoms with Gasteiger partial charge in [0, 0.05) is 29.6 Å². The first kappa shape index (κ1) is 29.2. The monoisotopic (exact) mass is 596 g/mol. The first-order valence-corrected chi connectivity index (χ1v) is 12.6. The summed E-state index contributed by atoms with van der Waals surface area (Å²) in [5, 5.41) is 5.90. The Morgan fingerprint density at radius 3 is 2.30 bits per heavy atom. The van der Waals surface area contributed by atoms with Crippen LogP contribution in [-0.4, -0.2) is 28.3 Å². The van der Waals surface area contributed by atoms with Crippen molar-refractivity contribution >= 4 is 23.8 Å². The van der Waals surface area contributed by atoms with Crippen LogP contribution in [0.5, 0.6) is 11.5 Å². The van der Waals surface area contributed by atoms with E-state index in [1.807, 2.05) is 0 Å². The lowest BCUT2D eigenvalue weighted by Crippen LogP contribution is -2.13. The Balaban J connectivity index is 1.31. The fourth-order valence-electron chi connectivity index (χ4n) is 4.15. The number of benzene rings is 3. The average Bonchev–Trinajstić information content (AvgIpc) is 3.45. The summed E-state index contributed by atoms with van der Waals surface area (Å²) in [6.07, 6.45) is -7.74. The van der Waals surface area contributed by atoms with Gasteiger partial charge in [0.05, 0.1) is 23.6 Å². The summed E-state index contributed by atoms with van der Waals surface area (Å²) >= 11 is 0. The molecular weight excluding hydrogens is 574 g/mol. The highest BCUT2D eigenvalue weighted by molar-refractivity contribution is 5.71. The molecule has 220 valence electrons. The van der Waals surface area contributed by atoms with E-state index in [2.05, 4.69) is 37.3 Å². The number of aromatic nitrogens is 3. The Bertz CT molecular complexity index is 1730. The summed E-state index contributed by atoms with van der Waals surface area (Å²) in [6, 6.07) is 20.6. The molecule has 0 bridgehead atoms. The molecule has 0 aliphatic heterocycles. The summed E-state index contributed by atoms with van der Waals surface area (Å²) < 4.78 is 86.1. The fourth-order valence-corrected chi connectivity index (χ4v) is 4.15. The standard InChI is InChI=1S/C30H22F6N6O/c1-37-24-15-21(10-11-23(24)40-17-39-20-9-5-8-19(14-20)29(31,32)33)43-22-12-13-38-25(16-22)28-41-26(18-6-3-2-4-7-18)27(42-28)30(34,35)36/h2-16,39-40H,1,17H2,(H,41,42).